The van der Waals surface area contributed by atoms with Crippen LogP contribution in [0.3, 0.4) is 0 Å². The molecule has 0 aliphatic rings. The van der Waals surface area contributed by atoms with Gasteiger partial charge in [-0.15, -0.1) is 0 Å². The molecule has 0 bridgehead atoms. The average molecular weight is 336 g/mol. The van der Waals surface area contributed by atoms with E-state index in [1.807, 2.05) is 27.7 Å². The molecule has 0 N–H and O–H groups in total. The van der Waals surface area contributed by atoms with Gasteiger partial charge in [0.2, 0.25) is 5.91 Å². The lowest BCUT2D eigenvalue weighted by atomic mass is 10.1. The second-order valence-corrected chi connectivity index (χ2v) is 5.76. The van der Waals surface area contributed by atoms with Gasteiger partial charge in [-0.3, -0.25) is 9.59 Å². The molecule has 1 aromatic rings. The fourth-order valence-corrected chi connectivity index (χ4v) is 2.32. The number of amides is 2. The van der Waals surface area contributed by atoms with Crippen LogP contribution in [0.4, 0.5) is 0 Å². The Labute approximate surface area is 144 Å². The predicted octanol–water partition coefficient (Wildman–Crippen LogP) is 2.42. The smallest absolute Gasteiger partial charge is 0.254 e. The number of hydrogen-bond acceptors (Lipinski definition) is 4. The largest absolute Gasteiger partial charge is 0.493 e. The summed E-state index contributed by atoms with van der Waals surface area (Å²) in [7, 11) is 3.15. The van der Waals surface area contributed by atoms with Crippen molar-refractivity contribution < 1.29 is 19.1 Å². The zero-order valence-corrected chi connectivity index (χ0v) is 15.5. The van der Waals surface area contributed by atoms with Gasteiger partial charge in [0.1, 0.15) is 0 Å². The first-order valence-corrected chi connectivity index (χ1v) is 8.21. The Kier molecular flexibility index (Phi) is 7.55. The molecule has 0 aliphatic heterocycles. The third-order valence-corrected chi connectivity index (χ3v) is 3.61. The van der Waals surface area contributed by atoms with Crippen LogP contribution >= 0.6 is 0 Å². The zero-order chi connectivity index (χ0) is 18.3. The molecule has 0 aromatic heterocycles. The van der Waals surface area contributed by atoms with Gasteiger partial charge in [0.15, 0.2) is 11.5 Å². The maximum absolute atomic E-state index is 12.5. The molecular weight excluding hydrogens is 308 g/mol. The molecule has 2 amide bonds. The van der Waals surface area contributed by atoms with Crippen LogP contribution < -0.4 is 9.47 Å². The maximum Gasteiger partial charge on any atom is 0.254 e. The highest BCUT2D eigenvalue weighted by molar-refractivity contribution is 5.96. The summed E-state index contributed by atoms with van der Waals surface area (Å²) >= 11 is 0. The number of hydrogen-bond donors (Lipinski definition) is 0. The minimum Gasteiger partial charge on any atom is -0.493 e. The number of carbonyl (C=O) groups excluding carboxylic acids is 2. The molecule has 1 aromatic carbocycles. The van der Waals surface area contributed by atoms with Gasteiger partial charge in [-0.25, -0.2) is 0 Å². The van der Waals surface area contributed by atoms with Gasteiger partial charge in [0.25, 0.3) is 5.91 Å². The van der Waals surface area contributed by atoms with Crippen molar-refractivity contribution in [2.24, 2.45) is 0 Å². The molecule has 0 fully saturated rings. The molecule has 0 spiro atoms. The highest BCUT2D eigenvalue weighted by Gasteiger charge is 2.19. The first-order chi connectivity index (χ1) is 11.3. The Morgan fingerprint density at radius 2 is 1.75 bits per heavy atom. The molecule has 0 radical (unpaired) electrons. The van der Waals surface area contributed by atoms with Crippen LogP contribution in [0.2, 0.25) is 0 Å². The van der Waals surface area contributed by atoms with Gasteiger partial charge in [-0.1, -0.05) is 0 Å². The quantitative estimate of drug-likeness (QED) is 0.731. The zero-order valence-electron chi connectivity index (χ0n) is 15.5. The highest BCUT2D eigenvalue weighted by atomic mass is 16.5. The van der Waals surface area contributed by atoms with Gasteiger partial charge in [0.05, 0.1) is 19.8 Å². The van der Waals surface area contributed by atoms with Gasteiger partial charge >= 0.3 is 0 Å². The molecule has 24 heavy (non-hydrogen) atoms. The second-order valence-electron chi connectivity index (χ2n) is 5.76. The van der Waals surface area contributed by atoms with E-state index in [0.717, 1.165) is 0 Å². The lowest BCUT2D eigenvalue weighted by Gasteiger charge is -2.23. The molecular formula is C18H28N2O4. The third-order valence-electron chi connectivity index (χ3n) is 3.61. The molecule has 6 nitrogen and oxygen atoms in total. The van der Waals surface area contributed by atoms with Gasteiger partial charge in [-0.2, -0.15) is 0 Å². The van der Waals surface area contributed by atoms with E-state index in [-0.39, 0.29) is 24.5 Å². The summed E-state index contributed by atoms with van der Waals surface area (Å²) in [6.07, 6.45) is 0.00909. The van der Waals surface area contributed by atoms with Crippen LogP contribution in [-0.2, 0) is 4.79 Å². The summed E-state index contributed by atoms with van der Waals surface area (Å²) in [5.41, 5.74) is 0.456. The van der Waals surface area contributed by atoms with Gasteiger partial charge < -0.3 is 19.3 Å². The minimum absolute atomic E-state index is 0.00909. The number of rotatable bonds is 8. The molecule has 1 rings (SSSR count). The molecule has 0 saturated heterocycles. The number of ether oxygens (including phenoxy) is 2. The second kappa shape index (κ2) is 9.15. The maximum atomic E-state index is 12.5. The van der Waals surface area contributed by atoms with E-state index in [4.69, 9.17) is 9.47 Å². The van der Waals surface area contributed by atoms with E-state index in [1.54, 1.807) is 30.1 Å². The van der Waals surface area contributed by atoms with Crippen LogP contribution in [-0.4, -0.2) is 61.5 Å². The van der Waals surface area contributed by atoms with Crippen molar-refractivity contribution in [1.82, 2.24) is 9.80 Å². The molecule has 0 aliphatic carbocycles. The highest BCUT2D eigenvalue weighted by Crippen LogP contribution is 2.29. The number of methoxy groups -OCH3 is 1. The lowest BCUT2D eigenvalue weighted by Crippen LogP contribution is -2.41. The topological polar surface area (TPSA) is 59.1 Å². The Hall–Kier alpha value is -2.24. The van der Waals surface area contributed by atoms with Crippen molar-refractivity contribution in [1.29, 1.82) is 0 Å². The number of likely N-dealkylation sites (N-methyl/N-ethyl adjacent to an activating group) is 2. The average Bonchev–Trinajstić information content (AvgIpc) is 2.55. The fraction of sp³-hybridized carbons (Fsp3) is 0.556. The Morgan fingerprint density at radius 3 is 2.25 bits per heavy atom. The lowest BCUT2D eigenvalue weighted by molar-refractivity contribution is -0.131. The Bertz CT molecular complexity index is 568. The fourth-order valence-electron chi connectivity index (χ4n) is 2.32. The number of carbonyl (C=O) groups is 2. The van der Waals surface area contributed by atoms with Crippen LogP contribution in [0, 0.1) is 0 Å². The van der Waals surface area contributed by atoms with Gasteiger partial charge in [-0.05, 0) is 45.9 Å². The van der Waals surface area contributed by atoms with E-state index in [9.17, 15) is 9.59 Å². The first-order valence-electron chi connectivity index (χ1n) is 8.21. The molecule has 134 valence electrons. The minimum atomic E-state index is -0.232. The van der Waals surface area contributed by atoms with E-state index < -0.39 is 0 Å². The SMILES string of the molecule is CCN(CC)C(=O)CN(C)C(=O)c1ccc(OC(C)C)c(OC)c1. The molecule has 0 unspecified atom stereocenters. The molecule has 0 atom stereocenters. The van der Waals surface area contributed by atoms with Crippen molar-refractivity contribution in [2.45, 2.75) is 33.8 Å². The van der Waals surface area contributed by atoms with Crippen molar-refractivity contribution in [3.8, 4) is 11.5 Å². The van der Waals surface area contributed by atoms with Crippen LogP contribution in [0.25, 0.3) is 0 Å². The Balaban J connectivity index is 2.88. The number of benzene rings is 1. The predicted molar refractivity (Wildman–Crippen MR) is 93.6 cm³/mol. The van der Waals surface area contributed by atoms with Crippen molar-refractivity contribution in [3.63, 3.8) is 0 Å². The van der Waals surface area contributed by atoms with E-state index >= 15 is 0 Å². The summed E-state index contributed by atoms with van der Waals surface area (Å²) in [5.74, 6) is 0.788. The van der Waals surface area contributed by atoms with Crippen molar-refractivity contribution in [3.05, 3.63) is 23.8 Å². The summed E-state index contributed by atoms with van der Waals surface area (Å²) in [6.45, 7) is 8.99. The van der Waals surface area contributed by atoms with Gasteiger partial charge in [0, 0.05) is 25.7 Å². The summed E-state index contributed by atoms with van der Waals surface area (Å²) < 4.78 is 10.9. The van der Waals surface area contributed by atoms with Crippen molar-refractivity contribution >= 4 is 11.8 Å². The normalized spacial score (nSPS) is 10.5. The van der Waals surface area contributed by atoms with Crippen LogP contribution in [0.1, 0.15) is 38.1 Å². The van der Waals surface area contributed by atoms with E-state index in [2.05, 4.69) is 0 Å². The summed E-state index contributed by atoms with van der Waals surface area (Å²) in [5, 5.41) is 0. The third kappa shape index (κ3) is 5.15. The molecule has 0 saturated carbocycles. The molecule has 6 heteroatoms. The monoisotopic (exact) mass is 336 g/mol. The van der Waals surface area contributed by atoms with Crippen LogP contribution in [0.15, 0.2) is 18.2 Å². The van der Waals surface area contributed by atoms with Crippen molar-refractivity contribution in [2.75, 3.05) is 33.8 Å². The molecule has 0 heterocycles. The summed E-state index contributed by atoms with van der Waals surface area (Å²) in [6, 6.07) is 5.03. The van der Waals surface area contributed by atoms with E-state index in [1.165, 1.54) is 12.0 Å². The first kappa shape index (κ1) is 19.8. The van der Waals surface area contributed by atoms with E-state index in [0.29, 0.717) is 30.2 Å². The number of nitrogens with zero attached hydrogens (tertiary/aromatic N) is 2. The van der Waals surface area contributed by atoms with Crippen LogP contribution in [0.5, 0.6) is 11.5 Å². The Morgan fingerprint density at radius 1 is 1.12 bits per heavy atom. The summed E-state index contributed by atoms with van der Waals surface area (Å²) in [4.78, 5) is 27.8. The standard InChI is InChI=1S/C18H28N2O4/c1-7-20(8-2)17(21)12-19(5)18(22)14-9-10-15(24-13(3)4)16(11-14)23-6/h9-11,13H,7-8,12H2,1-6H3.